The standard InChI is InChI=1S/C7H13N5O3S/c1-12-4-5(8)6(11-12)7(13)10-2-3-16(9,14)15/h4H,2-3,8H2,1H3,(H,10,13)(H2,9,14,15). The molecule has 0 aromatic carbocycles. The molecule has 0 aliphatic heterocycles. The number of aromatic nitrogens is 2. The molecule has 1 heterocycles. The third-order valence-corrected chi connectivity index (χ3v) is 2.52. The van der Waals surface area contributed by atoms with E-state index in [1.54, 1.807) is 7.05 Å². The summed E-state index contributed by atoms with van der Waals surface area (Å²) in [4.78, 5) is 11.5. The number of hydrogen-bond acceptors (Lipinski definition) is 5. The quantitative estimate of drug-likeness (QED) is 0.567. The lowest BCUT2D eigenvalue weighted by atomic mass is 10.3. The number of nitrogens with one attached hydrogen (secondary N) is 1. The van der Waals surface area contributed by atoms with Gasteiger partial charge in [0.2, 0.25) is 10.0 Å². The van der Waals surface area contributed by atoms with Crippen molar-refractivity contribution >= 4 is 21.6 Å². The highest BCUT2D eigenvalue weighted by molar-refractivity contribution is 7.89. The third kappa shape index (κ3) is 3.51. The van der Waals surface area contributed by atoms with Crippen molar-refractivity contribution in [2.24, 2.45) is 12.2 Å². The monoisotopic (exact) mass is 247 g/mol. The molecule has 0 aliphatic carbocycles. The van der Waals surface area contributed by atoms with Crippen LogP contribution in [0.4, 0.5) is 5.69 Å². The van der Waals surface area contributed by atoms with Gasteiger partial charge < -0.3 is 11.1 Å². The summed E-state index contributed by atoms with van der Waals surface area (Å²) < 4.78 is 22.6. The molecule has 0 saturated heterocycles. The number of rotatable bonds is 4. The second-order valence-electron chi connectivity index (χ2n) is 3.23. The molecule has 1 amide bonds. The first kappa shape index (κ1) is 12.5. The molecular formula is C7H13N5O3S. The summed E-state index contributed by atoms with van der Waals surface area (Å²) in [5.74, 6) is -0.854. The van der Waals surface area contributed by atoms with Gasteiger partial charge in [0.05, 0.1) is 11.4 Å². The van der Waals surface area contributed by atoms with Crippen molar-refractivity contribution in [1.29, 1.82) is 0 Å². The molecule has 8 nitrogen and oxygen atoms in total. The van der Waals surface area contributed by atoms with Crippen LogP contribution in [0.25, 0.3) is 0 Å². The van der Waals surface area contributed by atoms with Crippen LogP contribution in [-0.4, -0.2) is 36.4 Å². The van der Waals surface area contributed by atoms with Gasteiger partial charge in [0.25, 0.3) is 5.91 Å². The van der Waals surface area contributed by atoms with Gasteiger partial charge in [-0.15, -0.1) is 0 Å². The molecule has 0 radical (unpaired) electrons. The SMILES string of the molecule is Cn1cc(N)c(C(=O)NCCS(N)(=O)=O)n1. The van der Waals surface area contributed by atoms with Gasteiger partial charge in [0.15, 0.2) is 5.69 Å². The van der Waals surface area contributed by atoms with Crippen molar-refractivity contribution in [3.63, 3.8) is 0 Å². The topological polar surface area (TPSA) is 133 Å². The van der Waals surface area contributed by atoms with Crippen molar-refractivity contribution in [2.45, 2.75) is 0 Å². The van der Waals surface area contributed by atoms with Crippen molar-refractivity contribution < 1.29 is 13.2 Å². The van der Waals surface area contributed by atoms with Crippen molar-refractivity contribution in [1.82, 2.24) is 15.1 Å². The fraction of sp³-hybridized carbons (Fsp3) is 0.429. The molecule has 0 bridgehead atoms. The van der Waals surface area contributed by atoms with E-state index in [0.29, 0.717) is 0 Å². The minimum absolute atomic E-state index is 0.0666. The Hall–Kier alpha value is -1.61. The molecule has 1 aromatic rings. The Bertz CT molecular complexity index is 492. The van der Waals surface area contributed by atoms with Gasteiger partial charge in [-0.05, 0) is 0 Å². The Labute approximate surface area is 92.7 Å². The number of sulfonamides is 1. The Morgan fingerprint density at radius 1 is 1.62 bits per heavy atom. The van der Waals surface area contributed by atoms with Crippen molar-refractivity contribution in [3.8, 4) is 0 Å². The molecule has 9 heteroatoms. The van der Waals surface area contributed by atoms with Crippen LogP contribution in [-0.2, 0) is 17.1 Å². The van der Waals surface area contributed by atoms with Crippen molar-refractivity contribution in [2.75, 3.05) is 18.0 Å². The van der Waals surface area contributed by atoms with E-state index in [2.05, 4.69) is 10.4 Å². The summed E-state index contributed by atoms with van der Waals surface area (Å²) in [5, 5.41) is 11.0. The lowest BCUT2D eigenvalue weighted by Gasteiger charge is -2.02. The van der Waals surface area contributed by atoms with Gasteiger partial charge in [-0.2, -0.15) is 5.10 Å². The lowest BCUT2D eigenvalue weighted by Crippen LogP contribution is -2.32. The van der Waals surface area contributed by atoms with Gasteiger partial charge in [0.1, 0.15) is 0 Å². The number of hydrogen-bond donors (Lipinski definition) is 3. The number of carbonyl (C=O) groups is 1. The normalized spacial score (nSPS) is 11.4. The van der Waals surface area contributed by atoms with Gasteiger partial charge in [0, 0.05) is 19.8 Å². The maximum absolute atomic E-state index is 11.5. The molecule has 90 valence electrons. The average molecular weight is 247 g/mol. The first-order chi connectivity index (χ1) is 7.29. The zero-order valence-corrected chi connectivity index (χ0v) is 9.49. The second-order valence-corrected chi connectivity index (χ2v) is 4.96. The van der Waals surface area contributed by atoms with E-state index in [4.69, 9.17) is 10.9 Å². The van der Waals surface area contributed by atoms with Crippen LogP contribution >= 0.6 is 0 Å². The van der Waals surface area contributed by atoms with Gasteiger partial charge in [-0.25, -0.2) is 13.6 Å². The minimum Gasteiger partial charge on any atom is -0.396 e. The Morgan fingerprint density at radius 2 is 2.25 bits per heavy atom. The number of primary sulfonamides is 1. The summed E-state index contributed by atoms with van der Waals surface area (Å²) >= 11 is 0. The van der Waals surface area contributed by atoms with E-state index >= 15 is 0 Å². The van der Waals surface area contributed by atoms with Gasteiger partial charge in [-0.3, -0.25) is 9.48 Å². The first-order valence-electron chi connectivity index (χ1n) is 4.37. The van der Waals surface area contributed by atoms with Crippen LogP contribution in [0.5, 0.6) is 0 Å². The highest BCUT2D eigenvalue weighted by Crippen LogP contribution is 2.06. The molecule has 0 saturated carbocycles. The zero-order chi connectivity index (χ0) is 12.3. The molecule has 0 atom stereocenters. The van der Waals surface area contributed by atoms with E-state index < -0.39 is 15.9 Å². The Morgan fingerprint density at radius 3 is 2.69 bits per heavy atom. The van der Waals surface area contributed by atoms with E-state index in [-0.39, 0.29) is 23.7 Å². The number of carbonyl (C=O) groups excluding carboxylic acids is 1. The van der Waals surface area contributed by atoms with Gasteiger partial charge >= 0.3 is 0 Å². The highest BCUT2D eigenvalue weighted by Gasteiger charge is 2.14. The molecule has 0 fully saturated rings. The predicted octanol–water partition coefficient (Wildman–Crippen LogP) is -1.98. The largest absolute Gasteiger partial charge is 0.396 e. The fourth-order valence-electron chi connectivity index (χ4n) is 1.07. The Kier molecular flexibility index (Phi) is 3.50. The number of amides is 1. The first-order valence-corrected chi connectivity index (χ1v) is 6.09. The summed E-state index contributed by atoms with van der Waals surface area (Å²) in [7, 11) is -1.96. The summed E-state index contributed by atoms with van der Waals surface area (Å²) in [6.07, 6.45) is 1.48. The van der Waals surface area contributed by atoms with E-state index in [9.17, 15) is 13.2 Å². The summed E-state index contributed by atoms with van der Waals surface area (Å²) in [6, 6.07) is 0. The molecule has 0 unspecified atom stereocenters. The van der Waals surface area contributed by atoms with Crippen molar-refractivity contribution in [3.05, 3.63) is 11.9 Å². The second kappa shape index (κ2) is 4.49. The van der Waals surface area contributed by atoms with Crippen LogP contribution in [0.1, 0.15) is 10.5 Å². The van der Waals surface area contributed by atoms with E-state index in [1.165, 1.54) is 10.9 Å². The zero-order valence-electron chi connectivity index (χ0n) is 8.67. The number of nitrogens with zero attached hydrogens (tertiary/aromatic N) is 2. The lowest BCUT2D eigenvalue weighted by molar-refractivity contribution is 0.0951. The molecule has 1 rings (SSSR count). The van der Waals surface area contributed by atoms with E-state index in [1.807, 2.05) is 0 Å². The van der Waals surface area contributed by atoms with Gasteiger partial charge in [-0.1, -0.05) is 0 Å². The van der Waals surface area contributed by atoms with Crippen LogP contribution in [0.2, 0.25) is 0 Å². The number of aryl methyl sites for hydroxylation is 1. The predicted molar refractivity (Wildman–Crippen MR) is 57.9 cm³/mol. The number of nitrogen functional groups attached to an aromatic ring is 1. The highest BCUT2D eigenvalue weighted by atomic mass is 32.2. The summed E-state index contributed by atoms with van der Waals surface area (Å²) in [5.41, 5.74) is 5.81. The molecule has 5 N–H and O–H groups in total. The Balaban J connectivity index is 2.57. The molecule has 0 spiro atoms. The average Bonchev–Trinajstić information content (AvgIpc) is 2.43. The maximum atomic E-state index is 11.5. The molecule has 1 aromatic heterocycles. The fourth-order valence-corrected chi connectivity index (χ4v) is 1.46. The maximum Gasteiger partial charge on any atom is 0.273 e. The number of nitrogens with two attached hydrogens (primary N) is 2. The molecule has 0 aliphatic rings. The molecular weight excluding hydrogens is 234 g/mol. The molecule has 16 heavy (non-hydrogen) atoms. The smallest absolute Gasteiger partial charge is 0.273 e. The van der Waals surface area contributed by atoms with Crippen LogP contribution < -0.4 is 16.2 Å². The number of anilines is 1. The van der Waals surface area contributed by atoms with Crippen LogP contribution in [0, 0.1) is 0 Å². The third-order valence-electron chi connectivity index (χ3n) is 1.74. The van der Waals surface area contributed by atoms with E-state index in [0.717, 1.165) is 0 Å². The minimum atomic E-state index is -3.58. The summed E-state index contributed by atoms with van der Waals surface area (Å²) in [6.45, 7) is -0.0757. The van der Waals surface area contributed by atoms with Crippen LogP contribution in [0.15, 0.2) is 6.20 Å². The van der Waals surface area contributed by atoms with Crippen LogP contribution in [0.3, 0.4) is 0 Å².